The number of alkyl halides is 2. The maximum atomic E-state index is 14.4. The van der Waals surface area contributed by atoms with Crippen LogP contribution in [0.3, 0.4) is 0 Å². The number of rotatable bonds is 9. The van der Waals surface area contributed by atoms with Crippen molar-refractivity contribution < 1.29 is 41.7 Å². The van der Waals surface area contributed by atoms with E-state index in [0.717, 1.165) is 18.3 Å². The lowest BCUT2D eigenvalue weighted by atomic mass is 9.81. The highest BCUT2D eigenvalue weighted by Crippen LogP contribution is 2.50. The lowest BCUT2D eigenvalue weighted by Gasteiger charge is -2.30. The van der Waals surface area contributed by atoms with E-state index in [4.69, 9.17) is 26.8 Å². The van der Waals surface area contributed by atoms with Gasteiger partial charge in [-0.25, -0.2) is 18.4 Å². The number of ether oxygens (including phenoxy) is 2. The number of halogens is 5. The van der Waals surface area contributed by atoms with E-state index in [1.54, 1.807) is 6.92 Å². The summed E-state index contributed by atoms with van der Waals surface area (Å²) in [5.41, 5.74) is 2.93. The molecule has 1 aliphatic heterocycles. The van der Waals surface area contributed by atoms with Crippen LogP contribution in [0.4, 0.5) is 17.6 Å². The largest absolute Gasteiger partial charge is 0.494 e. The van der Waals surface area contributed by atoms with Crippen LogP contribution in [-0.4, -0.2) is 51.9 Å². The summed E-state index contributed by atoms with van der Waals surface area (Å²) in [6.07, 6.45) is 2.22. The van der Waals surface area contributed by atoms with Gasteiger partial charge in [-0.05, 0) is 56.0 Å². The van der Waals surface area contributed by atoms with Crippen molar-refractivity contribution in [2.75, 3.05) is 20.3 Å². The average molecular weight is 648 g/mol. The molecule has 4 N–H and O–H groups in total. The highest BCUT2D eigenvalue weighted by molar-refractivity contribution is 6.33. The molecule has 1 saturated carbocycles. The van der Waals surface area contributed by atoms with Crippen molar-refractivity contribution in [1.29, 1.82) is 0 Å². The van der Waals surface area contributed by atoms with E-state index in [-0.39, 0.29) is 74.6 Å². The summed E-state index contributed by atoms with van der Waals surface area (Å²) in [5, 5.41) is 18.6. The molecule has 0 spiro atoms. The second-order valence-corrected chi connectivity index (χ2v) is 11.8. The van der Waals surface area contributed by atoms with Gasteiger partial charge in [-0.2, -0.15) is 13.9 Å². The standard InChI is InChI=1S/C30H26ClF4N5O5/c1-29(27(36)42)12-45-25-17(29)8-22(38-24(25)16-7-19(32)20(33)9-18(16)31)30(43,15-3-4-15)11-37-26(41)13-5-14-10-40(28(34)35)39-23(14)21(6-13)44-2/h5-10,15,28,43H,3-4,11-12H2,1-2H3,(H2,36,42)(H,37,41)/t29-,30?/m0/s1. The van der Waals surface area contributed by atoms with Crippen molar-refractivity contribution in [2.24, 2.45) is 11.7 Å². The average Bonchev–Trinajstić information content (AvgIpc) is 3.68. The minimum Gasteiger partial charge on any atom is -0.494 e. The zero-order valence-electron chi connectivity index (χ0n) is 23.8. The zero-order chi connectivity index (χ0) is 32.4. The molecule has 45 heavy (non-hydrogen) atoms. The molecule has 3 heterocycles. The van der Waals surface area contributed by atoms with E-state index in [1.807, 2.05) is 0 Å². The number of nitrogens with two attached hydrogens (primary N) is 1. The summed E-state index contributed by atoms with van der Waals surface area (Å²) in [5.74, 6) is -4.00. The van der Waals surface area contributed by atoms with Gasteiger partial charge in [0.15, 0.2) is 11.6 Å². The Bertz CT molecular complexity index is 1880. The Morgan fingerprint density at radius 2 is 1.96 bits per heavy atom. The number of benzene rings is 2. The van der Waals surface area contributed by atoms with E-state index in [2.05, 4.69) is 15.4 Å². The van der Waals surface area contributed by atoms with Crippen LogP contribution >= 0.6 is 11.6 Å². The molecule has 1 aliphatic carbocycles. The molecule has 2 aromatic heterocycles. The number of nitrogens with zero attached hydrogens (tertiary/aromatic N) is 3. The van der Waals surface area contributed by atoms with Gasteiger partial charge in [-0.1, -0.05) is 11.6 Å². The van der Waals surface area contributed by atoms with Crippen molar-refractivity contribution in [3.8, 4) is 22.8 Å². The van der Waals surface area contributed by atoms with Gasteiger partial charge >= 0.3 is 6.55 Å². The Balaban J connectivity index is 1.41. The summed E-state index contributed by atoms with van der Waals surface area (Å²) in [6.45, 7) is -1.90. The molecule has 236 valence electrons. The maximum absolute atomic E-state index is 14.4. The summed E-state index contributed by atoms with van der Waals surface area (Å²) in [6, 6.07) is 5.77. The summed E-state index contributed by atoms with van der Waals surface area (Å²) >= 11 is 6.30. The molecule has 0 bridgehead atoms. The van der Waals surface area contributed by atoms with Gasteiger partial charge in [0, 0.05) is 28.3 Å². The molecule has 2 amide bonds. The van der Waals surface area contributed by atoms with Gasteiger partial charge in [-0.15, -0.1) is 0 Å². The number of primary amides is 1. The quantitative estimate of drug-likeness (QED) is 0.178. The van der Waals surface area contributed by atoms with Crippen LogP contribution in [0.2, 0.25) is 5.02 Å². The van der Waals surface area contributed by atoms with Crippen LogP contribution in [0.1, 0.15) is 47.9 Å². The highest BCUT2D eigenvalue weighted by Gasteiger charge is 2.50. The van der Waals surface area contributed by atoms with E-state index in [9.17, 15) is 32.3 Å². The first-order chi connectivity index (χ1) is 21.3. The second-order valence-electron chi connectivity index (χ2n) is 11.3. The number of methoxy groups -OCH3 is 1. The molecule has 2 atom stereocenters. The van der Waals surface area contributed by atoms with Crippen LogP contribution in [0.25, 0.3) is 22.2 Å². The number of fused-ring (bicyclic) bond motifs is 2. The van der Waals surface area contributed by atoms with E-state index in [0.29, 0.717) is 17.5 Å². The van der Waals surface area contributed by atoms with Gasteiger partial charge in [0.2, 0.25) is 5.91 Å². The number of hydrogen-bond acceptors (Lipinski definition) is 7. The molecule has 6 rings (SSSR count). The third kappa shape index (κ3) is 5.11. The predicted octanol–water partition coefficient (Wildman–Crippen LogP) is 4.60. The molecule has 2 aliphatic rings. The number of aliphatic hydroxyl groups is 1. The fourth-order valence-corrected chi connectivity index (χ4v) is 5.77. The molecular formula is C30H26ClF4N5O5. The third-order valence-corrected chi connectivity index (χ3v) is 8.68. The molecule has 0 radical (unpaired) electrons. The molecule has 1 fully saturated rings. The predicted molar refractivity (Wildman–Crippen MR) is 153 cm³/mol. The van der Waals surface area contributed by atoms with Gasteiger partial charge in [0.25, 0.3) is 5.91 Å². The number of carbonyl (C=O) groups is 2. The van der Waals surface area contributed by atoms with Crippen molar-refractivity contribution in [2.45, 2.75) is 37.3 Å². The summed E-state index contributed by atoms with van der Waals surface area (Å²) in [4.78, 5) is 30.5. The maximum Gasteiger partial charge on any atom is 0.333 e. The minimum atomic E-state index is -2.90. The number of hydrogen-bond donors (Lipinski definition) is 3. The fraction of sp³-hybridized carbons (Fsp3) is 0.333. The minimum absolute atomic E-state index is 0.0177. The van der Waals surface area contributed by atoms with Crippen molar-refractivity contribution in [3.63, 3.8) is 0 Å². The van der Waals surface area contributed by atoms with Crippen LogP contribution in [0.5, 0.6) is 11.5 Å². The Labute approximate surface area is 258 Å². The van der Waals surface area contributed by atoms with Gasteiger partial charge in [-0.3, -0.25) is 9.59 Å². The fourth-order valence-electron chi connectivity index (χ4n) is 5.53. The summed E-state index contributed by atoms with van der Waals surface area (Å²) < 4.78 is 66.3. The van der Waals surface area contributed by atoms with Crippen LogP contribution in [-0.2, 0) is 15.8 Å². The molecule has 2 aromatic carbocycles. The van der Waals surface area contributed by atoms with Crippen molar-refractivity contribution in [3.05, 3.63) is 70.0 Å². The first-order valence-corrected chi connectivity index (χ1v) is 14.1. The topological polar surface area (TPSA) is 142 Å². The Hall–Kier alpha value is -4.43. The molecule has 1 unspecified atom stereocenters. The smallest absolute Gasteiger partial charge is 0.333 e. The van der Waals surface area contributed by atoms with Crippen LogP contribution in [0, 0.1) is 17.6 Å². The molecule has 10 nitrogen and oxygen atoms in total. The molecule has 0 saturated heterocycles. The second kappa shape index (κ2) is 10.9. The highest BCUT2D eigenvalue weighted by atomic mass is 35.5. The van der Waals surface area contributed by atoms with E-state index >= 15 is 0 Å². The van der Waals surface area contributed by atoms with Crippen molar-refractivity contribution >= 4 is 34.3 Å². The monoisotopic (exact) mass is 647 g/mol. The summed E-state index contributed by atoms with van der Waals surface area (Å²) in [7, 11) is 1.31. The third-order valence-electron chi connectivity index (χ3n) is 8.37. The van der Waals surface area contributed by atoms with E-state index in [1.165, 1.54) is 25.3 Å². The molecule has 15 heteroatoms. The van der Waals surface area contributed by atoms with Crippen LogP contribution in [0.15, 0.2) is 36.5 Å². The first-order valence-electron chi connectivity index (χ1n) is 13.8. The Morgan fingerprint density at radius 1 is 1.24 bits per heavy atom. The Kier molecular flexibility index (Phi) is 7.39. The zero-order valence-corrected chi connectivity index (χ0v) is 24.6. The lowest BCUT2D eigenvalue weighted by Crippen LogP contribution is -2.44. The first kappa shape index (κ1) is 30.6. The molecule has 4 aromatic rings. The SMILES string of the molecule is COc1cc(C(=O)NCC(O)(c2cc3c(c(-c4cc(F)c(F)cc4Cl)n2)OC[C@]3(C)C(N)=O)C2CC2)cc2cn(C(F)F)nc12. The van der Waals surface area contributed by atoms with Gasteiger partial charge in [0.05, 0.1) is 24.4 Å². The van der Waals surface area contributed by atoms with Gasteiger partial charge in [0.1, 0.15) is 40.3 Å². The normalized spacial score (nSPS) is 18.9. The number of amides is 2. The molecular weight excluding hydrogens is 622 g/mol. The number of carbonyl (C=O) groups excluding carboxylic acids is 2. The Morgan fingerprint density at radius 3 is 2.60 bits per heavy atom. The van der Waals surface area contributed by atoms with Gasteiger partial charge < -0.3 is 25.6 Å². The van der Waals surface area contributed by atoms with Crippen LogP contribution < -0.4 is 20.5 Å². The lowest BCUT2D eigenvalue weighted by molar-refractivity contribution is -0.123. The number of nitrogens with one attached hydrogen (secondary N) is 1. The number of aromatic nitrogens is 3. The van der Waals surface area contributed by atoms with E-state index < -0.39 is 41.0 Å². The van der Waals surface area contributed by atoms with Crippen molar-refractivity contribution in [1.82, 2.24) is 20.1 Å². The number of pyridine rings is 1.